The number of para-hydroxylation sites is 1. The van der Waals surface area contributed by atoms with Gasteiger partial charge in [-0.15, -0.1) is 0 Å². The van der Waals surface area contributed by atoms with Crippen molar-refractivity contribution < 1.29 is 4.74 Å². The van der Waals surface area contributed by atoms with Crippen molar-refractivity contribution in [2.75, 3.05) is 13.2 Å². The van der Waals surface area contributed by atoms with Crippen molar-refractivity contribution in [2.24, 2.45) is 0 Å². The Morgan fingerprint density at radius 3 is 2.62 bits per heavy atom. The highest BCUT2D eigenvalue weighted by molar-refractivity contribution is 6.30. The molecule has 0 aliphatic rings. The second-order valence-corrected chi connectivity index (χ2v) is 5.04. The summed E-state index contributed by atoms with van der Waals surface area (Å²) in [6.07, 6.45) is 0.943. The first-order chi connectivity index (χ1) is 10.3. The van der Waals surface area contributed by atoms with Gasteiger partial charge in [-0.1, -0.05) is 41.9 Å². The summed E-state index contributed by atoms with van der Waals surface area (Å²) in [7, 11) is 0. The van der Waals surface area contributed by atoms with E-state index in [9.17, 15) is 0 Å². The van der Waals surface area contributed by atoms with Gasteiger partial charge >= 0.3 is 0 Å². The van der Waals surface area contributed by atoms with E-state index in [1.54, 1.807) is 0 Å². The normalized spacial score (nSPS) is 10.1. The van der Waals surface area contributed by atoms with Gasteiger partial charge in [0, 0.05) is 17.1 Å². The fourth-order valence-corrected chi connectivity index (χ4v) is 2.13. The van der Waals surface area contributed by atoms with Crippen molar-refractivity contribution in [3.05, 3.63) is 64.7 Å². The monoisotopic (exact) mass is 300 g/mol. The molecule has 3 nitrogen and oxygen atoms in total. The van der Waals surface area contributed by atoms with Crippen molar-refractivity contribution in [1.82, 2.24) is 5.32 Å². The van der Waals surface area contributed by atoms with Crippen LogP contribution in [0.4, 0.5) is 0 Å². The van der Waals surface area contributed by atoms with E-state index in [0.29, 0.717) is 0 Å². The lowest BCUT2D eigenvalue weighted by Gasteiger charge is -2.10. The van der Waals surface area contributed by atoms with E-state index < -0.39 is 0 Å². The van der Waals surface area contributed by atoms with Crippen molar-refractivity contribution in [3.63, 3.8) is 0 Å². The van der Waals surface area contributed by atoms with Crippen LogP contribution in [0.5, 0.6) is 5.75 Å². The molecule has 0 saturated heterocycles. The average molecular weight is 301 g/mol. The fourth-order valence-electron chi connectivity index (χ4n) is 2.01. The molecule has 0 fully saturated rings. The van der Waals surface area contributed by atoms with Crippen LogP contribution >= 0.6 is 11.6 Å². The first-order valence-electron chi connectivity index (χ1n) is 6.82. The van der Waals surface area contributed by atoms with Gasteiger partial charge in [-0.3, -0.25) is 0 Å². The molecular formula is C17H17ClN2O. The Morgan fingerprint density at radius 2 is 1.86 bits per heavy atom. The summed E-state index contributed by atoms with van der Waals surface area (Å²) < 4.78 is 5.40. The standard InChI is InChI=1S/C17H17ClN2O/c18-16-7-5-14(6-8-16)9-11-20-13-15-3-1-2-4-17(15)21-12-10-19/h1-8,20H,9,11-13H2. The maximum Gasteiger partial charge on any atom is 0.174 e. The van der Waals surface area contributed by atoms with Crippen LogP contribution in [0, 0.1) is 11.3 Å². The number of hydrogen-bond donors (Lipinski definition) is 1. The Morgan fingerprint density at radius 1 is 1.10 bits per heavy atom. The molecule has 21 heavy (non-hydrogen) atoms. The van der Waals surface area contributed by atoms with E-state index in [2.05, 4.69) is 5.32 Å². The van der Waals surface area contributed by atoms with Gasteiger partial charge in [0.05, 0.1) is 0 Å². The zero-order chi connectivity index (χ0) is 14.9. The third-order valence-corrected chi connectivity index (χ3v) is 3.34. The molecule has 2 rings (SSSR count). The number of hydrogen-bond acceptors (Lipinski definition) is 3. The number of benzene rings is 2. The van der Waals surface area contributed by atoms with Crippen molar-refractivity contribution in [2.45, 2.75) is 13.0 Å². The maximum atomic E-state index is 8.58. The van der Waals surface area contributed by atoms with Gasteiger partial charge in [0.2, 0.25) is 0 Å². The summed E-state index contributed by atoms with van der Waals surface area (Å²) in [6, 6.07) is 17.6. The largest absolute Gasteiger partial charge is 0.478 e. The van der Waals surface area contributed by atoms with Gasteiger partial charge in [-0.25, -0.2) is 0 Å². The summed E-state index contributed by atoms with van der Waals surface area (Å²) in [5, 5.41) is 12.7. The molecule has 0 radical (unpaired) electrons. The number of nitriles is 1. The number of nitrogens with one attached hydrogen (secondary N) is 1. The van der Waals surface area contributed by atoms with E-state index in [0.717, 1.165) is 35.8 Å². The van der Waals surface area contributed by atoms with E-state index in [4.69, 9.17) is 21.6 Å². The topological polar surface area (TPSA) is 45.0 Å². The van der Waals surface area contributed by atoms with Gasteiger partial charge in [-0.2, -0.15) is 5.26 Å². The van der Waals surface area contributed by atoms with Crippen LogP contribution in [0.15, 0.2) is 48.5 Å². The Kier molecular flexibility index (Phi) is 6.08. The molecule has 0 aromatic heterocycles. The molecule has 0 amide bonds. The van der Waals surface area contributed by atoms with Gasteiger partial charge in [-0.05, 0) is 36.7 Å². The lowest BCUT2D eigenvalue weighted by Crippen LogP contribution is -2.17. The minimum absolute atomic E-state index is 0.0712. The third kappa shape index (κ3) is 5.11. The van der Waals surface area contributed by atoms with Gasteiger partial charge in [0.1, 0.15) is 11.8 Å². The van der Waals surface area contributed by atoms with E-state index in [1.165, 1.54) is 5.56 Å². The Labute approximate surface area is 130 Å². The molecule has 108 valence electrons. The second kappa shape index (κ2) is 8.31. The summed E-state index contributed by atoms with van der Waals surface area (Å²) in [4.78, 5) is 0. The summed E-state index contributed by atoms with van der Waals surface area (Å²) in [5.41, 5.74) is 2.31. The second-order valence-electron chi connectivity index (χ2n) is 4.61. The van der Waals surface area contributed by atoms with Crippen LogP contribution in [0.1, 0.15) is 11.1 Å². The molecule has 2 aromatic rings. The highest BCUT2D eigenvalue weighted by atomic mass is 35.5. The first kappa shape index (κ1) is 15.4. The predicted molar refractivity (Wildman–Crippen MR) is 84.4 cm³/mol. The van der Waals surface area contributed by atoms with Crippen LogP contribution < -0.4 is 10.1 Å². The minimum Gasteiger partial charge on any atom is -0.478 e. The molecule has 0 atom stereocenters. The SMILES string of the molecule is N#CCOc1ccccc1CNCCc1ccc(Cl)cc1. The number of nitrogens with zero attached hydrogens (tertiary/aromatic N) is 1. The number of halogens is 1. The zero-order valence-electron chi connectivity index (χ0n) is 11.7. The van der Waals surface area contributed by atoms with Crippen LogP contribution in [0.25, 0.3) is 0 Å². The maximum absolute atomic E-state index is 8.58. The molecule has 0 saturated carbocycles. The number of ether oxygens (including phenoxy) is 1. The minimum atomic E-state index is 0.0712. The molecule has 0 aliphatic heterocycles. The van der Waals surface area contributed by atoms with E-state index in [-0.39, 0.29) is 6.61 Å². The predicted octanol–water partition coefficient (Wildman–Crippen LogP) is 3.57. The summed E-state index contributed by atoms with van der Waals surface area (Å²) in [5.74, 6) is 0.762. The van der Waals surface area contributed by atoms with Crippen LogP contribution in [-0.4, -0.2) is 13.2 Å². The van der Waals surface area contributed by atoms with Gasteiger partial charge in [0.15, 0.2) is 6.61 Å². The van der Waals surface area contributed by atoms with Crippen LogP contribution in [0.3, 0.4) is 0 Å². The van der Waals surface area contributed by atoms with Crippen LogP contribution in [-0.2, 0) is 13.0 Å². The van der Waals surface area contributed by atoms with Crippen LogP contribution in [0.2, 0.25) is 5.02 Å². The quantitative estimate of drug-likeness (QED) is 0.795. The fraction of sp³-hybridized carbons (Fsp3) is 0.235. The lowest BCUT2D eigenvalue weighted by atomic mass is 10.1. The highest BCUT2D eigenvalue weighted by Gasteiger charge is 2.02. The summed E-state index contributed by atoms with van der Waals surface area (Å²) >= 11 is 5.86. The number of rotatable bonds is 7. The molecule has 4 heteroatoms. The first-order valence-corrected chi connectivity index (χ1v) is 7.20. The molecule has 0 heterocycles. The molecule has 1 N–H and O–H groups in total. The molecule has 0 unspecified atom stereocenters. The van der Waals surface area contributed by atoms with E-state index >= 15 is 0 Å². The Hall–Kier alpha value is -2.02. The van der Waals surface area contributed by atoms with E-state index in [1.807, 2.05) is 54.6 Å². The van der Waals surface area contributed by atoms with Gasteiger partial charge in [0.25, 0.3) is 0 Å². The lowest BCUT2D eigenvalue weighted by molar-refractivity contribution is 0.362. The van der Waals surface area contributed by atoms with Crippen molar-refractivity contribution >= 4 is 11.6 Å². The Bertz CT molecular complexity index is 605. The van der Waals surface area contributed by atoms with Gasteiger partial charge < -0.3 is 10.1 Å². The molecule has 0 spiro atoms. The molecule has 2 aromatic carbocycles. The molecule has 0 bridgehead atoms. The zero-order valence-corrected chi connectivity index (χ0v) is 12.4. The smallest absolute Gasteiger partial charge is 0.174 e. The molecule has 0 aliphatic carbocycles. The third-order valence-electron chi connectivity index (χ3n) is 3.08. The van der Waals surface area contributed by atoms with Crippen molar-refractivity contribution in [1.29, 1.82) is 5.26 Å². The Balaban J connectivity index is 1.80. The molecular weight excluding hydrogens is 284 g/mol. The van der Waals surface area contributed by atoms with Crippen molar-refractivity contribution in [3.8, 4) is 11.8 Å². The average Bonchev–Trinajstić information content (AvgIpc) is 2.52. The summed E-state index contributed by atoms with van der Waals surface area (Å²) in [6.45, 7) is 1.66. The highest BCUT2D eigenvalue weighted by Crippen LogP contribution is 2.17.